The average molecular weight is 358 g/mol. The molecule has 0 N–H and O–H groups in total. The predicted octanol–water partition coefficient (Wildman–Crippen LogP) is 4.98. The lowest BCUT2D eigenvalue weighted by Gasteiger charge is -2.35. The summed E-state index contributed by atoms with van der Waals surface area (Å²) in [5.74, 6) is 0. The molecule has 2 heteroatoms. The Kier molecular flexibility index (Phi) is 5.96. The van der Waals surface area contributed by atoms with E-state index < -0.39 is 0 Å². The van der Waals surface area contributed by atoms with Crippen LogP contribution in [-0.4, -0.2) is 11.0 Å². The van der Waals surface area contributed by atoms with Gasteiger partial charge in [-0.3, -0.25) is 0 Å². The van der Waals surface area contributed by atoms with Crippen LogP contribution >= 0.6 is 22.6 Å². The van der Waals surface area contributed by atoms with Crippen LogP contribution in [0.15, 0.2) is 30.3 Å². The van der Waals surface area contributed by atoms with Crippen LogP contribution in [0.4, 0.5) is 0 Å². The van der Waals surface area contributed by atoms with Crippen molar-refractivity contribution in [2.24, 2.45) is 5.41 Å². The summed E-state index contributed by atoms with van der Waals surface area (Å²) in [6.07, 6.45) is 8.32. The van der Waals surface area contributed by atoms with E-state index in [4.69, 9.17) is 4.74 Å². The molecule has 1 nitrogen and oxygen atoms in total. The molecule has 0 heterocycles. The maximum Gasteiger partial charge on any atom is 0.0716 e. The average Bonchev–Trinajstić information content (AvgIpc) is 2.46. The molecule has 0 aliphatic heterocycles. The van der Waals surface area contributed by atoms with Gasteiger partial charge in [-0.2, -0.15) is 0 Å². The quantitative estimate of drug-likeness (QED) is 0.396. The maximum absolute atomic E-state index is 5.85. The summed E-state index contributed by atoms with van der Waals surface area (Å²) < 4.78 is 7.14. The summed E-state index contributed by atoms with van der Waals surface area (Å²) in [4.78, 5) is 0. The van der Waals surface area contributed by atoms with Gasteiger partial charge in [0.1, 0.15) is 0 Å². The highest BCUT2D eigenvalue weighted by Gasteiger charge is 2.30. The number of halogens is 1. The molecule has 1 saturated carbocycles. The Balaban J connectivity index is 1.71. The summed E-state index contributed by atoms with van der Waals surface area (Å²) in [5, 5.41) is 0. The smallest absolute Gasteiger partial charge is 0.0716 e. The number of alkyl halides is 1. The highest BCUT2D eigenvalue weighted by Crippen LogP contribution is 2.40. The van der Waals surface area contributed by atoms with Gasteiger partial charge in [-0.15, -0.1) is 0 Å². The molecule has 0 radical (unpaired) electrons. The lowest BCUT2D eigenvalue weighted by atomic mass is 9.74. The van der Waals surface area contributed by atoms with Crippen LogP contribution in [0.25, 0.3) is 0 Å². The number of ether oxygens (including phenoxy) is 1. The zero-order valence-corrected chi connectivity index (χ0v) is 13.2. The fourth-order valence-electron chi connectivity index (χ4n) is 2.81. The molecule has 0 aromatic heterocycles. The number of rotatable bonds is 6. The van der Waals surface area contributed by atoms with Crippen LogP contribution in [0.5, 0.6) is 0 Å². The Morgan fingerprint density at radius 2 is 1.78 bits per heavy atom. The van der Waals surface area contributed by atoms with Gasteiger partial charge in [0, 0.05) is 11.0 Å². The molecule has 1 fully saturated rings. The third-order valence-electron chi connectivity index (χ3n) is 4.09. The molecular formula is C16H23IO. The highest BCUT2D eigenvalue weighted by molar-refractivity contribution is 14.1. The third kappa shape index (κ3) is 4.23. The van der Waals surface area contributed by atoms with E-state index in [-0.39, 0.29) is 0 Å². The van der Waals surface area contributed by atoms with Crippen molar-refractivity contribution in [2.45, 2.75) is 45.1 Å². The molecule has 0 saturated heterocycles. The second-order valence-electron chi connectivity index (χ2n) is 5.48. The Morgan fingerprint density at radius 1 is 1.06 bits per heavy atom. The van der Waals surface area contributed by atoms with Gasteiger partial charge < -0.3 is 4.74 Å². The molecule has 0 atom stereocenters. The van der Waals surface area contributed by atoms with Crippen molar-refractivity contribution in [1.82, 2.24) is 0 Å². The van der Waals surface area contributed by atoms with Crippen molar-refractivity contribution in [3.8, 4) is 0 Å². The molecule has 1 aromatic carbocycles. The third-order valence-corrected chi connectivity index (χ3v) is 5.70. The SMILES string of the molecule is ICC1(CCOCc2ccccc2)CCCCC1. The van der Waals surface area contributed by atoms with Crippen LogP contribution in [0, 0.1) is 5.41 Å². The Bertz CT molecular complexity index is 330. The normalized spacial score (nSPS) is 18.7. The maximum atomic E-state index is 5.85. The first-order chi connectivity index (χ1) is 8.85. The van der Waals surface area contributed by atoms with Crippen molar-refractivity contribution in [1.29, 1.82) is 0 Å². The summed E-state index contributed by atoms with van der Waals surface area (Å²) in [6, 6.07) is 10.5. The highest BCUT2D eigenvalue weighted by atomic mass is 127. The van der Waals surface area contributed by atoms with Crippen molar-refractivity contribution in [2.75, 3.05) is 11.0 Å². The predicted molar refractivity (Wildman–Crippen MR) is 85.1 cm³/mol. The number of benzene rings is 1. The number of hydrogen-bond donors (Lipinski definition) is 0. The monoisotopic (exact) mass is 358 g/mol. The van der Waals surface area contributed by atoms with Crippen LogP contribution in [0.3, 0.4) is 0 Å². The first-order valence-corrected chi connectivity index (χ1v) is 8.55. The minimum Gasteiger partial charge on any atom is -0.377 e. The van der Waals surface area contributed by atoms with Gasteiger partial charge in [-0.05, 0) is 30.2 Å². The van der Waals surface area contributed by atoms with Gasteiger partial charge in [-0.25, -0.2) is 0 Å². The Labute approximate surface area is 124 Å². The van der Waals surface area contributed by atoms with E-state index in [0.29, 0.717) is 5.41 Å². The van der Waals surface area contributed by atoms with Gasteiger partial charge in [0.2, 0.25) is 0 Å². The summed E-state index contributed by atoms with van der Waals surface area (Å²) >= 11 is 2.57. The molecule has 18 heavy (non-hydrogen) atoms. The van der Waals surface area contributed by atoms with Gasteiger partial charge in [0.05, 0.1) is 6.61 Å². The number of hydrogen-bond acceptors (Lipinski definition) is 1. The standard InChI is InChI=1S/C16H23IO/c17-14-16(9-5-2-6-10-16)11-12-18-13-15-7-3-1-4-8-15/h1,3-4,7-8H,2,5-6,9-14H2. The summed E-state index contributed by atoms with van der Waals surface area (Å²) in [6.45, 7) is 1.68. The molecule has 0 amide bonds. The summed E-state index contributed by atoms with van der Waals surface area (Å²) in [7, 11) is 0. The molecule has 2 rings (SSSR count). The fraction of sp³-hybridized carbons (Fsp3) is 0.625. The van der Waals surface area contributed by atoms with E-state index in [1.165, 1.54) is 48.5 Å². The molecule has 0 unspecified atom stereocenters. The van der Waals surface area contributed by atoms with Crippen LogP contribution in [0.1, 0.15) is 44.1 Å². The van der Waals surface area contributed by atoms with Gasteiger partial charge in [0.15, 0.2) is 0 Å². The molecule has 1 aromatic rings. The van der Waals surface area contributed by atoms with Crippen LogP contribution in [0.2, 0.25) is 0 Å². The first kappa shape index (κ1) is 14.3. The summed E-state index contributed by atoms with van der Waals surface area (Å²) in [5.41, 5.74) is 1.86. The molecule has 1 aliphatic carbocycles. The molecule has 0 spiro atoms. The van der Waals surface area contributed by atoms with Crippen LogP contribution < -0.4 is 0 Å². The lowest BCUT2D eigenvalue weighted by molar-refractivity contribution is 0.0763. The second-order valence-corrected chi connectivity index (χ2v) is 6.25. The fourth-order valence-corrected chi connectivity index (χ4v) is 3.95. The largest absolute Gasteiger partial charge is 0.377 e. The molecular weight excluding hydrogens is 335 g/mol. The second kappa shape index (κ2) is 7.49. The Hall–Kier alpha value is -0.0900. The topological polar surface area (TPSA) is 9.23 Å². The first-order valence-electron chi connectivity index (χ1n) is 7.02. The lowest BCUT2D eigenvalue weighted by Crippen LogP contribution is -2.27. The molecule has 0 bridgehead atoms. The van der Waals surface area contributed by atoms with E-state index in [1.807, 2.05) is 0 Å². The zero-order chi connectivity index (χ0) is 12.7. The van der Waals surface area contributed by atoms with E-state index >= 15 is 0 Å². The minimum atomic E-state index is 0.579. The van der Waals surface area contributed by atoms with E-state index in [2.05, 4.69) is 52.9 Å². The van der Waals surface area contributed by atoms with Crippen molar-refractivity contribution in [3.05, 3.63) is 35.9 Å². The molecule has 100 valence electrons. The van der Waals surface area contributed by atoms with Gasteiger partial charge in [-0.1, -0.05) is 72.2 Å². The Morgan fingerprint density at radius 3 is 2.44 bits per heavy atom. The van der Waals surface area contributed by atoms with Gasteiger partial charge in [0.25, 0.3) is 0 Å². The van der Waals surface area contributed by atoms with Gasteiger partial charge >= 0.3 is 0 Å². The van der Waals surface area contributed by atoms with Crippen molar-refractivity contribution >= 4 is 22.6 Å². The van der Waals surface area contributed by atoms with Crippen molar-refractivity contribution < 1.29 is 4.74 Å². The molecule has 1 aliphatic rings. The van der Waals surface area contributed by atoms with E-state index in [9.17, 15) is 0 Å². The van der Waals surface area contributed by atoms with E-state index in [1.54, 1.807) is 0 Å². The van der Waals surface area contributed by atoms with Crippen LogP contribution in [-0.2, 0) is 11.3 Å². The zero-order valence-electron chi connectivity index (χ0n) is 11.0. The minimum absolute atomic E-state index is 0.579. The van der Waals surface area contributed by atoms with E-state index in [0.717, 1.165) is 13.2 Å². The van der Waals surface area contributed by atoms with Crippen molar-refractivity contribution in [3.63, 3.8) is 0 Å².